The molecule has 0 amide bonds. The molecule has 2 heterocycles. The van der Waals surface area contributed by atoms with E-state index < -0.39 is 16.1 Å². The van der Waals surface area contributed by atoms with Gasteiger partial charge in [0.2, 0.25) is 6.29 Å². The number of hydrogen-bond donors (Lipinski definition) is 1. The van der Waals surface area contributed by atoms with E-state index in [1.54, 1.807) is 30.5 Å². The van der Waals surface area contributed by atoms with Crippen molar-refractivity contribution >= 4 is 56.2 Å². The third kappa shape index (κ3) is 5.46. The molecular formula is C26H20N4O7S2. The van der Waals surface area contributed by atoms with E-state index in [0.29, 0.717) is 39.0 Å². The Morgan fingerprint density at radius 1 is 1.13 bits per heavy atom. The largest absolute Gasteiger partial charge is 0.460 e. The van der Waals surface area contributed by atoms with Gasteiger partial charge in [-0.3, -0.25) is 25.0 Å². The van der Waals surface area contributed by atoms with Crippen LogP contribution in [0.25, 0.3) is 10.2 Å². The first-order chi connectivity index (χ1) is 18.7. The van der Waals surface area contributed by atoms with Crippen LogP contribution in [-0.2, 0) is 4.74 Å². The van der Waals surface area contributed by atoms with Gasteiger partial charge in [-0.1, -0.05) is 23.4 Å². The topological polar surface area (TPSA) is 147 Å². The number of nitro groups is 2. The summed E-state index contributed by atoms with van der Waals surface area (Å²) < 4.78 is 12.9. The zero-order valence-corrected chi connectivity index (χ0v) is 22.2. The van der Waals surface area contributed by atoms with Gasteiger partial charge in [0.25, 0.3) is 11.4 Å². The fourth-order valence-electron chi connectivity index (χ4n) is 3.91. The number of fused-ring (bicyclic) bond motifs is 2. The lowest BCUT2D eigenvalue weighted by atomic mass is 9.98. The molecule has 1 aromatic heterocycles. The SMILES string of the molecule is CCOC1Oc2ccc(C)cc2C(=O)/C1=C/Nc1ccc2nc(Sc3ccc([N+](=O)[O-])cc3[N+](=O)[O-])sc2c1. The van der Waals surface area contributed by atoms with Crippen molar-refractivity contribution in [1.82, 2.24) is 4.98 Å². The molecular weight excluding hydrogens is 544 g/mol. The third-order valence-electron chi connectivity index (χ3n) is 5.76. The molecule has 11 nitrogen and oxygen atoms in total. The maximum absolute atomic E-state index is 13.2. The van der Waals surface area contributed by atoms with Crippen LogP contribution >= 0.6 is 23.1 Å². The molecule has 1 aliphatic rings. The molecule has 39 heavy (non-hydrogen) atoms. The standard InChI is InChI=1S/C26H20N4O7S2/c1-3-36-25-18(24(31)17-10-14(2)4-8-21(17)37-25)13-27-15-5-7-19-23(11-15)39-26(28-19)38-22-9-6-16(29(32)33)12-20(22)30(34)35/h4-13,25,27H,3H2,1-2H3/b18-13-. The molecule has 3 aromatic carbocycles. The molecule has 0 saturated heterocycles. The molecule has 13 heteroatoms. The number of nitro benzene ring substituents is 2. The molecule has 0 bridgehead atoms. The predicted molar refractivity (Wildman–Crippen MR) is 147 cm³/mol. The van der Waals surface area contributed by atoms with Crippen molar-refractivity contribution < 1.29 is 24.1 Å². The number of Topliss-reactive ketones (excluding diaryl/α,β-unsaturated/α-hetero) is 1. The molecule has 1 atom stereocenters. The summed E-state index contributed by atoms with van der Waals surface area (Å²) in [4.78, 5) is 39.2. The van der Waals surface area contributed by atoms with Crippen LogP contribution in [0.1, 0.15) is 22.8 Å². The van der Waals surface area contributed by atoms with E-state index in [2.05, 4.69) is 10.3 Å². The summed E-state index contributed by atoms with van der Waals surface area (Å²) in [6.45, 7) is 4.08. The van der Waals surface area contributed by atoms with E-state index in [0.717, 1.165) is 28.1 Å². The van der Waals surface area contributed by atoms with Gasteiger partial charge >= 0.3 is 0 Å². The Bertz CT molecular complexity index is 1670. The summed E-state index contributed by atoms with van der Waals surface area (Å²) in [7, 11) is 0. The second kappa shape index (κ2) is 10.8. The number of rotatable bonds is 8. The summed E-state index contributed by atoms with van der Waals surface area (Å²) in [5.74, 6) is 0.290. The van der Waals surface area contributed by atoms with Crippen LogP contribution in [-0.4, -0.2) is 33.5 Å². The van der Waals surface area contributed by atoms with Crippen LogP contribution in [0, 0.1) is 27.2 Å². The normalized spacial score (nSPS) is 15.7. The number of carbonyl (C=O) groups is 1. The van der Waals surface area contributed by atoms with Crippen LogP contribution < -0.4 is 10.1 Å². The number of nitrogens with zero attached hydrogens (tertiary/aromatic N) is 3. The molecule has 1 N–H and O–H groups in total. The van der Waals surface area contributed by atoms with Crippen LogP contribution in [0.4, 0.5) is 17.1 Å². The number of thiazole rings is 1. The Labute approximate surface area is 229 Å². The maximum Gasteiger partial charge on any atom is 0.290 e. The average Bonchev–Trinajstić information content (AvgIpc) is 3.30. The quantitative estimate of drug-likeness (QED) is 0.143. The van der Waals surface area contributed by atoms with E-state index in [9.17, 15) is 25.0 Å². The Morgan fingerprint density at radius 2 is 1.95 bits per heavy atom. The monoisotopic (exact) mass is 564 g/mol. The first-order valence-corrected chi connectivity index (χ1v) is 13.3. The molecule has 1 unspecified atom stereocenters. The zero-order chi connectivity index (χ0) is 27.7. The summed E-state index contributed by atoms with van der Waals surface area (Å²) in [6.07, 6.45) is 0.726. The number of nitrogens with one attached hydrogen (secondary N) is 1. The number of non-ortho nitro benzene ring substituents is 1. The van der Waals surface area contributed by atoms with Crippen LogP contribution in [0.5, 0.6) is 5.75 Å². The molecule has 0 fully saturated rings. The molecule has 1 aliphatic heterocycles. The van der Waals surface area contributed by atoms with Crippen molar-refractivity contribution in [2.24, 2.45) is 0 Å². The van der Waals surface area contributed by atoms with Gasteiger partial charge in [-0.15, -0.1) is 11.3 Å². The summed E-state index contributed by atoms with van der Waals surface area (Å²) in [5, 5.41) is 25.6. The van der Waals surface area contributed by atoms with Gasteiger partial charge in [-0.25, -0.2) is 4.98 Å². The number of hydrogen-bond acceptors (Lipinski definition) is 11. The van der Waals surface area contributed by atoms with E-state index in [1.165, 1.54) is 23.5 Å². The van der Waals surface area contributed by atoms with Gasteiger partial charge in [0.1, 0.15) is 5.75 Å². The maximum atomic E-state index is 13.2. The summed E-state index contributed by atoms with van der Waals surface area (Å²) >= 11 is 2.38. The molecule has 4 aromatic rings. The molecule has 0 radical (unpaired) electrons. The van der Waals surface area contributed by atoms with Crippen molar-refractivity contribution in [3.05, 3.63) is 97.7 Å². The van der Waals surface area contributed by atoms with Crippen molar-refractivity contribution in [3.63, 3.8) is 0 Å². The number of aromatic nitrogens is 1. The summed E-state index contributed by atoms with van der Waals surface area (Å²) in [5.41, 5.74) is 2.40. The van der Waals surface area contributed by atoms with Crippen molar-refractivity contribution in [1.29, 1.82) is 0 Å². The van der Waals surface area contributed by atoms with Gasteiger partial charge in [-0.05, 0) is 50.2 Å². The number of benzene rings is 3. The van der Waals surface area contributed by atoms with Crippen LogP contribution in [0.2, 0.25) is 0 Å². The molecule has 0 spiro atoms. The zero-order valence-electron chi connectivity index (χ0n) is 20.6. The lowest BCUT2D eigenvalue weighted by molar-refractivity contribution is -0.396. The van der Waals surface area contributed by atoms with Gasteiger partial charge in [0, 0.05) is 24.6 Å². The highest BCUT2D eigenvalue weighted by Gasteiger charge is 2.32. The highest BCUT2D eigenvalue weighted by Crippen LogP contribution is 2.40. The molecule has 0 saturated carbocycles. The fourth-order valence-corrected chi connectivity index (χ4v) is 6.06. The average molecular weight is 565 g/mol. The number of ether oxygens (including phenoxy) is 2. The van der Waals surface area contributed by atoms with E-state index in [4.69, 9.17) is 9.47 Å². The van der Waals surface area contributed by atoms with E-state index in [1.807, 2.05) is 26.0 Å². The van der Waals surface area contributed by atoms with E-state index >= 15 is 0 Å². The predicted octanol–water partition coefficient (Wildman–Crippen LogP) is 6.51. The Morgan fingerprint density at radius 3 is 2.69 bits per heavy atom. The summed E-state index contributed by atoms with van der Waals surface area (Å²) in [6, 6.07) is 14.4. The fraction of sp³-hybridized carbons (Fsp3) is 0.154. The molecule has 5 rings (SSSR count). The lowest BCUT2D eigenvalue weighted by Crippen LogP contribution is -2.33. The molecule has 0 aliphatic carbocycles. The van der Waals surface area contributed by atoms with Crippen molar-refractivity contribution in [2.75, 3.05) is 11.9 Å². The van der Waals surface area contributed by atoms with Crippen LogP contribution in [0.15, 0.2) is 75.6 Å². The first kappa shape index (κ1) is 26.3. The van der Waals surface area contributed by atoms with Gasteiger partial charge in [-0.2, -0.15) is 0 Å². The van der Waals surface area contributed by atoms with Gasteiger partial charge in [0.15, 0.2) is 10.1 Å². The van der Waals surface area contributed by atoms with E-state index in [-0.39, 0.29) is 22.1 Å². The Hall–Kier alpha value is -4.33. The number of anilines is 1. The minimum absolute atomic E-state index is 0.187. The number of aryl methyl sites for hydroxylation is 1. The minimum atomic E-state index is -0.849. The number of carbonyl (C=O) groups excluding carboxylic acids is 1. The van der Waals surface area contributed by atoms with Crippen molar-refractivity contribution in [2.45, 2.75) is 29.4 Å². The number of ketones is 1. The molecule has 198 valence electrons. The highest BCUT2D eigenvalue weighted by atomic mass is 32.2. The van der Waals surface area contributed by atoms with Crippen LogP contribution in [0.3, 0.4) is 0 Å². The lowest BCUT2D eigenvalue weighted by Gasteiger charge is -2.27. The van der Waals surface area contributed by atoms with Gasteiger partial charge < -0.3 is 14.8 Å². The first-order valence-electron chi connectivity index (χ1n) is 11.6. The van der Waals surface area contributed by atoms with Gasteiger partial charge in [0.05, 0.1) is 42.2 Å². The second-order valence-electron chi connectivity index (χ2n) is 8.41. The minimum Gasteiger partial charge on any atom is -0.460 e. The Balaban J connectivity index is 1.39. The Kier molecular flexibility index (Phi) is 7.28. The highest BCUT2D eigenvalue weighted by molar-refractivity contribution is 8.01. The van der Waals surface area contributed by atoms with Crippen molar-refractivity contribution in [3.8, 4) is 5.75 Å². The second-order valence-corrected chi connectivity index (χ2v) is 10.7. The smallest absolute Gasteiger partial charge is 0.290 e. The third-order valence-corrected chi connectivity index (χ3v) is 7.90.